The lowest BCUT2D eigenvalue weighted by atomic mass is 10.1. The number of rotatable bonds is 6. The maximum atomic E-state index is 11.8. The van der Waals surface area contributed by atoms with E-state index in [9.17, 15) is 9.59 Å². The first-order chi connectivity index (χ1) is 9.08. The van der Waals surface area contributed by atoms with Gasteiger partial charge in [0.2, 0.25) is 0 Å². The Hall–Kier alpha value is -1.84. The van der Waals surface area contributed by atoms with Gasteiger partial charge in [0, 0.05) is 0 Å². The Morgan fingerprint density at radius 3 is 2.16 bits per heavy atom. The minimum Gasteiger partial charge on any atom is -0.465 e. The van der Waals surface area contributed by atoms with Crippen LogP contribution < -0.4 is 0 Å². The minimum atomic E-state index is -0.828. The molecule has 0 N–H and O–H groups in total. The predicted octanol–water partition coefficient (Wildman–Crippen LogP) is 2.63. The van der Waals surface area contributed by atoms with Gasteiger partial charge >= 0.3 is 11.9 Å². The third kappa shape index (κ3) is 4.73. The molecule has 1 aromatic rings. The Kier molecular flexibility index (Phi) is 6.06. The molecule has 1 unspecified atom stereocenters. The Morgan fingerprint density at radius 2 is 1.63 bits per heavy atom. The molecule has 0 aliphatic rings. The smallest absolute Gasteiger partial charge is 0.320 e. The molecule has 1 aromatic carbocycles. The lowest BCUT2D eigenvalue weighted by Gasteiger charge is -2.13. The summed E-state index contributed by atoms with van der Waals surface area (Å²) in [6, 6.07) is 7.69. The van der Waals surface area contributed by atoms with Crippen LogP contribution in [0.3, 0.4) is 0 Å². The molecule has 104 valence electrons. The third-order valence-corrected chi connectivity index (χ3v) is 2.77. The van der Waals surface area contributed by atoms with E-state index in [1.165, 1.54) is 0 Å². The Labute approximate surface area is 113 Å². The fraction of sp³-hybridized carbons (Fsp3) is 0.467. The number of carbonyl (C=O) groups excluding carboxylic acids is 2. The topological polar surface area (TPSA) is 52.6 Å². The molecule has 0 amide bonds. The van der Waals surface area contributed by atoms with Gasteiger partial charge in [0.25, 0.3) is 0 Å². The maximum Gasteiger partial charge on any atom is 0.320 e. The molecule has 0 aliphatic heterocycles. The van der Waals surface area contributed by atoms with Gasteiger partial charge in [0.1, 0.15) is 6.61 Å². The van der Waals surface area contributed by atoms with E-state index in [0.717, 1.165) is 11.1 Å². The van der Waals surface area contributed by atoms with E-state index in [2.05, 4.69) is 0 Å². The average molecular weight is 264 g/mol. The largest absolute Gasteiger partial charge is 0.465 e. The average Bonchev–Trinajstić information content (AvgIpc) is 2.39. The zero-order valence-corrected chi connectivity index (χ0v) is 11.6. The van der Waals surface area contributed by atoms with Crippen LogP contribution in [0.25, 0.3) is 0 Å². The summed E-state index contributed by atoms with van der Waals surface area (Å²) in [5.74, 6) is -1.87. The molecule has 0 fully saturated rings. The number of aryl methyl sites for hydroxylation is 1. The van der Waals surface area contributed by atoms with Gasteiger partial charge in [-0.25, -0.2) is 0 Å². The Morgan fingerprint density at radius 1 is 1.05 bits per heavy atom. The number of ether oxygens (including phenoxy) is 2. The molecule has 0 aromatic heterocycles. The minimum absolute atomic E-state index is 0.176. The van der Waals surface area contributed by atoms with Crippen molar-refractivity contribution in [2.24, 2.45) is 5.92 Å². The van der Waals surface area contributed by atoms with Gasteiger partial charge < -0.3 is 9.47 Å². The lowest BCUT2D eigenvalue weighted by molar-refractivity contribution is -0.162. The highest BCUT2D eigenvalue weighted by Gasteiger charge is 2.27. The molecular weight excluding hydrogens is 244 g/mol. The van der Waals surface area contributed by atoms with Crippen LogP contribution in [0.15, 0.2) is 24.3 Å². The molecule has 1 rings (SSSR count). The van der Waals surface area contributed by atoms with E-state index < -0.39 is 17.9 Å². The molecule has 0 bridgehead atoms. The van der Waals surface area contributed by atoms with E-state index in [1.54, 1.807) is 13.8 Å². The number of benzene rings is 1. The second-order valence-corrected chi connectivity index (χ2v) is 4.31. The van der Waals surface area contributed by atoms with Crippen molar-refractivity contribution in [3.8, 4) is 0 Å². The normalized spacial score (nSPS) is 11.7. The van der Waals surface area contributed by atoms with Gasteiger partial charge in [-0.2, -0.15) is 0 Å². The van der Waals surface area contributed by atoms with Crippen molar-refractivity contribution in [3.63, 3.8) is 0 Å². The summed E-state index contributed by atoms with van der Waals surface area (Å²) in [4.78, 5) is 23.4. The van der Waals surface area contributed by atoms with Crippen molar-refractivity contribution in [3.05, 3.63) is 35.4 Å². The molecule has 0 saturated carbocycles. The van der Waals surface area contributed by atoms with Crippen LogP contribution in [0.5, 0.6) is 0 Å². The van der Waals surface area contributed by atoms with Crippen molar-refractivity contribution in [1.29, 1.82) is 0 Å². The zero-order valence-electron chi connectivity index (χ0n) is 11.6. The van der Waals surface area contributed by atoms with Crippen LogP contribution in [0.4, 0.5) is 0 Å². The van der Waals surface area contributed by atoms with Gasteiger partial charge in [0.15, 0.2) is 5.92 Å². The maximum absolute atomic E-state index is 11.8. The highest BCUT2D eigenvalue weighted by molar-refractivity contribution is 5.94. The summed E-state index contributed by atoms with van der Waals surface area (Å²) in [5, 5.41) is 0. The van der Waals surface area contributed by atoms with E-state index in [-0.39, 0.29) is 13.2 Å². The number of esters is 2. The van der Waals surface area contributed by atoms with E-state index >= 15 is 0 Å². The van der Waals surface area contributed by atoms with Crippen LogP contribution >= 0.6 is 0 Å². The molecule has 0 heterocycles. The van der Waals surface area contributed by atoms with Crippen LogP contribution in [-0.4, -0.2) is 18.5 Å². The van der Waals surface area contributed by atoms with Crippen LogP contribution in [0.1, 0.15) is 31.4 Å². The van der Waals surface area contributed by atoms with Gasteiger partial charge in [-0.05, 0) is 25.8 Å². The van der Waals surface area contributed by atoms with Crippen LogP contribution in [0, 0.1) is 12.8 Å². The fourth-order valence-corrected chi connectivity index (χ4v) is 1.61. The van der Waals surface area contributed by atoms with Crippen LogP contribution in [-0.2, 0) is 25.7 Å². The first kappa shape index (κ1) is 15.2. The predicted molar refractivity (Wildman–Crippen MR) is 71.4 cm³/mol. The number of carbonyl (C=O) groups is 2. The second-order valence-electron chi connectivity index (χ2n) is 4.31. The quantitative estimate of drug-likeness (QED) is 0.585. The summed E-state index contributed by atoms with van der Waals surface area (Å²) in [7, 11) is 0. The van der Waals surface area contributed by atoms with E-state index in [4.69, 9.17) is 9.47 Å². The van der Waals surface area contributed by atoms with Gasteiger partial charge in [-0.1, -0.05) is 36.8 Å². The molecular formula is C15H20O4. The summed E-state index contributed by atoms with van der Waals surface area (Å²) < 4.78 is 9.99. The monoisotopic (exact) mass is 264 g/mol. The molecule has 4 heteroatoms. The summed E-state index contributed by atoms with van der Waals surface area (Å²) >= 11 is 0. The first-order valence-electron chi connectivity index (χ1n) is 6.47. The standard InChI is InChI=1S/C15H20O4/c1-4-13(14(16)18-5-2)15(17)19-10-12-8-6-11(3)7-9-12/h6-9,13H,4-5,10H2,1-3H3. The van der Waals surface area contributed by atoms with Crippen molar-refractivity contribution < 1.29 is 19.1 Å². The van der Waals surface area contributed by atoms with Gasteiger partial charge in [-0.15, -0.1) is 0 Å². The molecule has 0 saturated heterocycles. The highest BCUT2D eigenvalue weighted by atomic mass is 16.6. The van der Waals surface area contributed by atoms with Crippen molar-refractivity contribution >= 4 is 11.9 Å². The molecule has 0 spiro atoms. The fourth-order valence-electron chi connectivity index (χ4n) is 1.61. The van der Waals surface area contributed by atoms with E-state index in [1.807, 2.05) is 31.2 Å². The highest BCUT2D eigenvalue weighted by Crippen LogP contribution is 2.11. The molecule has 1 atom stereocenters. The van der Waals surface area contributed by atoms with Crippen LogP contribution in [0.2, 0.25) is 0 Å². The van der Waals surface area contributed by atoms with Crippen molar-refractivity contribution in [1.82, 2.24) is 0 Å². The van der Waals surface area contributed by atoms with Gasteiger partial charge in [0.05, 0.1) is 6.61 Å². The second kappa shape index (κ2) is 7.56. The van der Waals surface area contributed by atoms with Crippen molar-refractivity contribution in [2.75, 3.05) is 6.61 Å². The summed E-state index contributed by atoms with van der Waals surface area (Å²) in [5.41, 5.74) is 2.05. The summed E-state index contributed by atoms with van der Waals surface area (Å²) in [6.07, 6.45) is 0.381. The third-order valence-electron chi connectivity index (χ3n) is 2.77. The molecule has 4 nitrogen and oxygen atoms in total. The van der Waals surface area contributed by atoms with E-state index in [0.29, 0.717) is 6.42 Å². The molecule has 0 radical (unpaired) electrons. The first-order valence-corrected chi connectivity index (χ1v) is 6.47. The Bertz CT molecular complexity index is 422. The zero-order chi connectivity index (χ0) is 14.3. The van der Waals surface area contributed by atoms with Gasteiger partial charge in [-0.3, -0.25) is 9.59 Å². The number of hydrogen-bond acceptors (Lipinski definition) is 4. The summed E-state index contributed by atoms with van der Waals surface area (Å²) in [6.45, 7) is 5.90. The lowest BCUT2D eigenvalue weighted by Crippen LogP contribution is -2.27. The number of hydrogen-bond donors (Lipinski definition) is 0. The van der Waals surface area contributed by atoms with Crippen molar-refractivity contribution in [2.45, 2.75) is 33.8 Å². The molecule has 0 aliphatic carbocycles. The molecule has 19 heavy (non-hydrogen) atoms. The Balaban J connectivity index is 2.53. The SMILES string of the molecule is CCOC(=O)C(CC)C(=O)OCc1ccc(C)cc1.